The number of benzene rings is 1. The molecule has 1 aliphatic rings. The summed E-state index contributed by atoms with van der Waals surface area (Å²) in [7, 11) is 1.58. The lowest BCUT2D eigenvalue weighted by Crippen LogP contribution is -2.19. The quantitative estimate of drug-likeness (QED) is 0.743. The molecule has 1 saturated carbocycles. The van der Waals surface area contributed by atoms with E-state index in [1.54, 1.807) is 31.3 Å². The number of nitrogens with zero attached hydrogens (tertiary/aromatic N) is 3. The minimum atomic E-state index is -0.184. The van der Waals surface area contributed by atoms with Crippen molar-refractivity contribution >= 4 is 29.3 Å². The lowest BCUT2D eigenvalue weighted by molar-refractivity contribution is -0.113. The molecule has 0 radical (unpaired) electrons. The van der Waals surface area contributed by atoms with Gasteiger partial charge in [-0.3, -0.25) is 9.59 Å². The van der Waals surface area contributed by atoms with Gasteiger partial charge in [-0.15, -0.1) is 10.2 Å². The van der Waals surface area contributed by atoms with Gasteiger partial charge in [0.2, 0.25) is 5.91 Å². The fourth-order valence-corrected chi connectivity index (χ4v) is 4.27. The molecule has 144 valence electrons. The fourth-order valence-electron chi connectivity index (χ4n) is 3.42. The number of carbonyl (C=O) groups excluding carboxylic acids is 2. The second-order valence-electron chi connectivity index (χ2n) is 6.69. The summed E-state index contributed by atoms with van der Waals surface area (Å²) in [4.78, 5) is 24.0. The van der Waals surface area contributed by atoms with E-state index in [-0.39, 0.29) is 17.6 Å². The van der Waals surface area contributed by atoms with Gasteiger partial charge in [0.15, 0.2) is 5.16 Å². The number of carbonyl (C=O) groups is 2. The highest BCUT2D eigenvalue weighted by atomic mass is 32.2. The molecule has 27 heavy (non-hydrogen) atoms. The van der Waals surface area contributed by atoms with Crippen molar-refractivity contribution < 1.29 is 9.59 Å². The third kappa shape index (κ3) is 4.88. The van der Waals surface area contributed by atoms with E-state index in [9.17, 15) is 9.59 Å². The van der Waals surface area contributed by atoms with Crippen LogP contribution in [0.3, 0.4) is 0 Å². The molecule has 1 fully saturated rings. The average Bonchev–Trinajstić information content (AvgIpc) is 3.07. The van der Waals surface area contributed by atoms with Gasteiger partial charge in [0, 0.05) is 24.3 Å². The lowest BCUT2D eigenvalue weighted by Gasteiger charge is -2.24. The van der Waals surface area contributed by atoms with Crippen molar-refractivity contribution in [3.63, 3.8) is 0 Å². The Labute approximate surface area is 163 Å². The van der Waals surface area contributed by atoms with Crippen LogP contribution in [0.4, 0.5) is 5.69 Å². The molecule has 1 aromatic carbocycles. The maximum absolute atomic E-state index is 12.3. The Balaban J connectivity index is 1.61. The molecule has 1 aromatic heterocycles. The Bertz CT molecular complexity index is 814. The molecule has 2 amide bonds. The minimum Gasteiger partial charge on any atom is -0.355 e. The first-order valence-electron chi connectivity index (χ1n) is 9.25. The van der Waals surface area contributed by atoms with Crippen LogP contribution in [-0.4, -0.2) is 39.4 Å². The van der Waals surface area contributed by atoms with Crippen LogP contribution in [0.25, 0.3) is 0 Å². The molecule has 0 aliphatic heterocycles. The van der Waals surface area contributed by atoms with Crippen LogP contribution in [0.1, 0.15) is 54.3 Å². The van der Waals surface area contributed by atoms with Gasteiger partial charge >= 0.3 is 0 Å². The zero-order chi connectivity index (χ0) is 19.2. The van der Waals surface area contributed by atoms with E-state index in [0.29, 0.717) is 17.3 Å². The number of hydrogen-bond acceptors (Lipinski definition) is 5. The molecule has 8 heteroatoms. The maximum atomic E-state index is 12.3. The van der Waals surface area contributed by atoms with E-state index in [1.165, 1.54) is 31.0 Å². The molecule has 0 atom stereocenters. The van der Waals surface area contributed by atoms with Crippen LogP contribution in [0, 0.1) is 6.92 Å². The van der Waals surface area contributed by atoms with Crippen molar-refractivity contribution in [3.05, 3.63) is 35.7 Å². The van der Waals surface area contributed by atoms with Crippen LogP contribution < -0.4 is 10.6 Å². The Morgan fingerprint density at radius 3 is 2.74 bits per heavy atom. The van der Waals surface area contributed by atoms with E-state index >= 15 is 0 Å². The van der Waals surface area contributed by atoms with Crippen molar-refractivity contribution in [1.82, 2.24) is 20.1 Å². The Kier molecular flexibility index (Phi) is 6.49. The zero-order valence-corrected chi connectivity index (χ0v) is 16.5. The second kappa shape index (κ2) is 9.03. The summed E-state index contributed by atoms with van der Waals surface area (Å²) in [6, 6.07) is 7.32. The zero-order valence-electron chi connectivity index (χ0n) is 15.7. The third-order valence-corrected chi connectivity index (χ3v) is 5.69. The number of aromatic nitrogens is 3. The number of thioether (sulfide) groups is 1. The second-order valence-corrected chi connectivity index (χ2v) is 7.63. The first kappa shape index (κ1) is 19.4. The van der Waals surface area contributed by atoms with E-state index in [0.717, 1.165) is 23.8 Å². The standard InChI is InChI=1S/C19H25N5O2S/c1-13-22-23-19(24(13)16-9-4-3-5-10-16)27-12-17(25)21-15-8-6-7-14(11-15)18(26)20-2/h6-8,11,16H,3-5,9-10,12H2,1-2H3,(H,20,26)(H,21,25). The van der Waals surface area contributed by atoms with Crippen molar-refractivity contribution in [1.29, 1.82) is 0 Å². The molecule has 0 unspecified atom stereocenters. The Hall–Kier alpha value is -2.35. The maximum Gasteiger partial charge on any atom is 0.251 e. The summed E-state index contributed by atoms with van der Waals surface area (Å²) in [6.07, 6.45) is 6.04. The highest BCUT2D eigenvalue weighted by Gasteiger charge is 2.21. The smallest absolute Gasteiger partial charge is 0.251 e. The number of rotatable bonds is 6. The molecule has 1 aliphatic carbocycles. The van der Waals surface area contributed by atoms with E-state index in [4.69, 9.17) is 0 Å². The normalized spacial score (nSPS) is 14.7. The highest BCUT2D eigenvalue weighted by Crippen LogP contribution is 2.32. The van der Waals surface area contributed by atoms with Crippen molar-refractivity contribution in [2.45, 2.75) is 50.2 Å². The summed E-state index contributed by atoms with van der Waals surface area (Å²) in [5.74, 6) is 0.833. The van der Waals surface area contributed by atoms with Crippen LogP contribution in [0.15, 0.2) is 29.4 Å². The number of anilines is 1. The largest absolute Gasteiger partial charge is 0.355 e. The topological polar surface area (TPSA) is 88.9 Å². The molecule has 2 N–H and O–H groups in total. The molecule has 3 rings (SSSR count). The van der Waals surface area contributed by atoms with Gasteiger partial charge in [0.05, 0.1) is 5.75 Å². The van der Waals surface area contributed by atoms with Gasteiger partial charge in [0.25, 0.3) is 5.91 Å². The van der Waals surface area contributed by atoms with Gasteiger partial charge in [0.1, 0.15) is 5.82 Å². The summed E-state index contributed by atoms with van der Waals surface area (Å²) in [5, 5.41) is 14.7. The third-order valence-electron chi connectivity index (χ3n) is 4.74. The Morgan fingerprint density at radius 2 is 2.00 bits per heavy atom. The molecule has 7 nitrogen and oxygen atoms in total. The monoisotopic (exact) mass is 387 g/mol. The summed E-state index contributed by atoms with van der Waals surface area (Å²) in [6.45, 7) is 1.97. The van der Waals surface area contributed by atoms with E-state index < -0.39 is 0 Å². The molecule has 0 spiro atoms. The van der Waals surface area contributed by atoms with Crippen molar-refractivity contribution in [2.24, 2.45) is 0 Å². The van der Waals surface area contributed by atoms with Gasteiger partial charge < -0.3 is 15.2 Å². The fraction of sp³-hybridized carbons (Fsp3) is 0.474. The van der Waals surface area contributed by atoms with Gasteiger partial charge in [-0.1, -0.05) is 37.1 Å². The van der Waals surface area contributed by atoms with Gasteiger partial charge in [-0.05, 0) is 38.0 Å². The molecular weight excluding hydrogens is 362 g/mol. The SMILES string of the molecule is CNC(=O)c1cccc(NC(=O)CSc2nnc(C)n2C2CCCCC2)c1. The van der Waals surface area contributed by atoms with Crippen LogP contribution in [0.5, 0.6) is 0 Å². The molecular formula is C19H25N5O2S. The predicted octanol–water partition coefficient (Wildman–Crippen LogP) is 3.18. The summed E-state index contributed by atoms with van der Waals surface area (Å²) >= 11 is 1.40. The lowest BCUT2D eigenvalue weighted by atomic mass is 9.95. The number of hydrogen-bond donors (Lipinski definition) is 2. The van der Waals surface area contributed by atoms with Crippen LogP contribution in [-0.2, 0) is 4.79 Å². The summed E-state index contributed by atoms with van der Waals surface area (Å²) < 4.78 is 2.18. The van der Waals surface area contributed by atoms with Gasteiger partial charge in [-0.25, -0.2) is 0 Å². The van der Waals surface area contributed by atoms with Gasteiger partial charge in [-0.2, -0.15) is 0 Å². The van der Waals surface area contributed by atoms with E-state index in [2.05, 4.69) is 25.4 Å². The number of nitrogens with one attached hydrogen (secondary N) is 2. The summed E-state index contributed by atoms with van der Waals surface area (Å²) in [5.41, 5.74) is 1.11. The van der Waals surface area contributed by atoms with Crippen LogP contribution >= 0.6 is 11.8 Å². The Morgan fingerprint density at radius 1 is 1.22 bits per heavy atom. The minimum absolute atomic E-state index is 0.134. The van der Waals surface area contributed by atoms with Crippen LogP contribution in [0.2, 0.25) is 0 Å². The average molecular weight is 388 g/mol. The van der Waals surface area contributed by atoms with E-state index in [1.807, 2.05) is 6.92 Å². The first-order valence-corrected chi connectivity index (χ1v) is 10.2. The number of amides is 2. The molecule has 0 bridgehead atoms. The molecule has 1 heterocycles. The number of aryl methyl sites for hydroxylation is 1. The van der Waals surface area contributed by atoms with Crippen molar-refractivity contribution in [3.8, 4) is 0 Å². The first-order chi connectivity index (χ1) is 13.1. The highest BCUT2D eigenvalue weighted by molar-refractivity contribution is 7.99. The molecule has 0 saturated heterocycles. The van der Waals surface area contributed by atoms with Crippen molar-refractivity contribution in [2.75, 3.05) is 18.1 Å². The predicted molar refractivity (Wildman–Crippen MR) is 106 cm³/mol. The molecule has 2 aromatic rings.